The van der Waals surface area contributed by atoms with Crippen molar-refractivity contribution >= 4 is 10.9 Å². The monoisotopic (exact) mass is 409 g/mol. The normalized spacial score (nSPS) is 19.4. The quantitative estimate of drug-likeness (QED) is 0.671. The van der Waals surface area contributed by atoms with Gasteiger partial charge in [0.1, 0.15) is 5.75 Å². The van der Waals surface area contributed by atoms with Gasteiger partial charge >= 0.3 is 0 Å². The molecular formula is C22H29N6O2+. The first-order valence-electron chi connectivity index (χ1n) is 11.1. The molecule has 1 saturated carbocycles. The molecule has 1 aromatic carbocycles. The van der Waals surface area contributed by atoms with Gasteiger partial charge in [0.25, 0.3) is 5.56 Å². The summed E-state index contributed by atoms with van der Waals surface area (Å²) in [5, 5.41) is 13.9. The van der Waals surface area contributed by atoms with E-state index in [1.165, 1.54) is 37.0 Å². The molecule has 1 aliphatic carbocycles. The Balaban J connectivity index is 1.63. The largest absolute Gasteiger partial charge is 0.497 e. The van der Waals surface area contributed by atoms with Gasteiger partial charge in [-0.25, -0.2) is 4.68 Å². The molecule has 0 bridgehead atoms. The Morgan fingerprint density at radius 2 is 1.93 bits per heavy atom. The maximum atomic E-state index is 13.3. The van der Waals surface area contributed by atoms with Crippen molar-refractivity contribution in [2.75, 3.05) is 20.2 Å². The third kappa shape index (κ3) is 3.49. The number of fused-ring (bicyclic) bond motifs is 1. The van der Waals surface area contributed by atoms with Crippen molar-refractivity contribution in [2.45, 2.75) is 57.0 Å². The Labute approximate surface area is 175 Å². The summed E-state index contributed by atoms with van der Waals surface area (Å²) in [5.74, 6) is 1.56. The van der Waals surface area contributed by atoms with E-state index < -0.39 is 0 Å². The first-order chi connectivity index (χ1) is 14.7. The topological polar surface area (TPSA) is 90.1 Å². The number of benzene rings is 1. The maximum absolute atomic E-state index is 13.3. The van der Waals surface area contributed by atoms with Crippen LogP contribution in [0, 0.1) is 0 Å². The van der Waals surface area contributed by atoms with Crippen LogP contribution >= 0.6 is 0 Å². The molecule has 2 fully saturated rings. The van der Waals surface area contributed by atoms with Gasteiger partial charge in [0.15, 0.2) is 6.04 Å². The fourth-order valence-electron chi connectivity index (χ4n) is 5.17. The number of rotatable bonds is 5. The number of piperidine rings is 1. The zero-order valence-corrected chi connectivity index (χ0v) is 17.4. The maximum Gasteiger partial charge on any atom is 0.258 e. The molecule has 30 heavy (non-hydrogen) atoms. The highest BCUT2D eigenvalue weighted by atomic mass is 16.5. The van der Waals surface area contributed by atoms with Crippen molar-refractivity contribution in [1.29, 1.82) is 0 Å². The minimum atomic E-state index is -0.156. The van der Waals surface area contributed by atoms with Crippen molar-refractivity contribution in [3.05, 3.63) is 46.0 Å². The van der Waals surface area contributed by atoms with Crippen LogP contribution in [-0.4, -0.2) is 45.4 Å². The molecule has 1 atom stereocenters. The van der Waals surface area contributed by atoms with Gasteiger partial charge in [-0.2, -0.15) is 0 Å². The number of tetrazole rings is 1. The van der Waals surface area contributed by atoms with Gasteiger partial charge in [-0.05, 0) is 66.1 Å². The van der Waals surface area contributed by atoms with Gasteiger partial charge in [0.05, 0.1) is 37.3 Å². The minimum absolute atomic E-state index is 0.0696. The summed E-state index contributed by atoms with van der Waals surface area (Å²) in [6.07, 6.45) is 8.21. The molecule has 5 rings (SSSR count). The lowest BCUT2D eigenvalue weighted by Crippen LogP contribution is -3.13. The summed E-state index contributed by atoms with van der Waals surface area (Å²) in [6, 6.07) is 7.99. The number of aromatic amines is 1. The fraction of sp³-hybridized carbons (Fsp3) is 0.545. The van der Waals surface area contributed by atoms with E-state index in [0.717, 1.165) is 54.0 Å². The molecule has 0 unspecified atom stereocenters. The third-order valence-corrected chi connectivity index (χ3v) is 6.74. The highest BCUT2D eigenvalue weighted by Gasteiger charge is 2.36. The van der Waals surface area contributed by atoms with E-state index >= 15 is 0 Å². The van der Waals surface area contributed by atoms with E-state index in [1.54, 1.807) is 7.11 Å². The zero-order valence-electron chi connectivity index (χ0n) is 17.4. The van der Waals surface area contributed by atoms with Crippen LogP contribution in [0.3, 0.4) is 0 Å². The second kappa shape index (κ2) is 8.18. The number of ether oxygens (including phenoxy) is 1. The van der Waals surface area contributed by atoms with Gasteiger partial charge in [0, 0.05) is 6.07 Å². The molecule has 8 nitrogen and oxygen atoms in total. The number of H-pyrrole nitrogens is 1. The second-order valence-electron chi connectivity index (χ2n) is 8.58. The van der Waals surface area contributed by atoms with Crippen LogP contribution < -0.4 is 15.2 Å². The molecule has 3 aromatic rings. The first kappa shape index (κ1) is 19.2. The van der Waals surface area contributed by atoms with Crippen molar-refractivity contribution < 1.29 is 9.64 Å². The molecule has 2 N–H and O–H groups in total. The molecule has 0 radical (unpaired) electrons. The Morgan fingerprint density at radius 3 is 2.70 bits per heavy atom. The third-order valence-electron chi connectivity index (χ3n) is 6.74. The van der Waals surface area contributed by atoms with E-state index in [0.29, 0.717) is 6.04 Å². The van der Waals surface area contributed by atoms with Crippen LogP contribution in [0.2, 0.25) is 0 Å². The van der Waals surface area contributed by atoms with Gasteiger partial charge in [-0.1, -0.05) is 12.8 Å². The van der Waals surface area contributed by atoms with Crippen LogP contribution in [0.15, 0.2) is 29.1 Å². The molecule has 2 aromatic heterocycles. The number of aromatic nitrogens is 5. The van der Waals surface area contributed by atoms with Gasteiger partial charge in [-0.15, -0.1) is 5.10 Å². The molecule has 1 aliphatic heterocycles. The lowest BCUT2D eigenvalue weighted by atomic mass is 10.00. The highest BCUT2D eigenvalue weighted by molar-refractivity contribution is 5.80. The van der Waals surface area contributed by atoms with Crippen LogP contribution in [-0.2, 0) is 0 Å². The van der Waals surface area contributed by atoms with Crippen molar-refractivity contribution in [1.82, 2.24) is 25.2 Å². The van der Waals surface area contributed by atoms with Gasteiger partial charge in [-0.3, -0.25) is 4.79 Å². The summed E-state index contributed by atoms with van der Waals surface area (Å²) < 4.78 is 7.32. The van der Waals surface area contributed by atoms with E-state index in [1.807, 2.05) is 28.9 Å². The molecule has 3 heterocycles. The second-order valence-corrected chi connectivity index (χ2v) is 8.58. The fourth-order valence-corrected chi connectivity index (χ4v) is 5.17. The summed E-state index contributed by atoms with van der Waals surface area (Å²) in [6.45, 7) is 2.06. The number of methoxy groups -OCH3 is 1. The van der Waals surface area contributed by atoms with Crippen molar-refractivity contribution in [2.24, 2.45) is 0 Å². The number of hydrogen-bond acceptors (Lipinski definition) is 5. The minimum Gasteiger partial charge on any atom is -0.497 e. The Bertz CT molecular complexity index is 1080. The smallest absolute Gasteiger partial charge is 0.258 e. The summed E-state index contributed by atoms with van der Waals surface area (Å²) in [4.78, 5) is 17.7. The van der Waals surface area contributed by atoms with Gasteiger partial charge < -0.3 is 14.6 Å². The van der Waals surface area contributed by atoms with Crippen molar-refractivity contribution in [3.63, 3.8) is 0 Å². The molecule has 0 spiro atoms. The number of hydrogen-bond donors (Lipinski definition) is 2. The lowest BCUT2D eigenvalue weighted by molar-refractivity contribution is -0.931. The average Bonchev–Trinajstić information content (AvgIpc) is 3.47. The average molecular weight is 410 g/mol. The molecule has 2 aliphatic rings. The number of likely N-dealkylation sites (tertiary alicyclic amines) is 1. The van der Waals surface area contributed by atoms with E-state index in [9.17, 15) is 4.79 Å². The van der Waals surface area contributed by atoms with Crippen LogP contribution in [0.4, 0.5) is 0 Å². The highest BCUT2D eigenvalue weighted by Crippen LogP contribution is 2.31. The lowest BCUT2D eigenvalue weighted by Gasteiger charge is -2.31. The summed E-state index contributed by atoms with van der Waals surface area (Å²) >= 11 is 0. The predicted octanol–water partition coefficient (Wildman–Crippen LogP) is 1.80. The van der Waals surface area contributed by atoms with Crippen LogP contribution in [0.25, 0.3) is 10.9 Å². The van der Waals surface area contributed by atoms with Crippen LogP contribution in [0.1, 0.15) is 68.4 Å². The molecular weight excluding hydrogens is 380 g/mol. The molecule has 0 amide bonds. The first-order valence-corrected chi connectivity index (χ1v) is 11.1. The number of pyridine rings is 1. The van der Waals surface area contributed by atoms with Crippen molar-refractivity contribution in [3.8, 4) is 5.75 Å². The van der Waals surface area contributed by atoms with E-state index in [4.69, 9.17) is 4.74 Å². The van der Waals surface area contributed by atoms with Crippen LogP contribution in [0.5, 0.6) is 5.75 Å². The van der Waals surface area contributed by atoms with Gasteiger partial charge in [0.2, 0.25) is 5.82 Å². The SMILES string of the molecule is COc1ccc2cc([C@@H](c3nnnn3C3CCCC3)[NH+]3CCCCC3)c(=O)[nH]c2c1. The Kier molecular flexibility index (Phi) is 5.25. The predicted molar refractivity (Wildman–Crippen MR) is 113 cm³/mol. The van der Waals surface area contributed by atoms with E-state index in [-0.39, 0.29) is 11.6 Å². The summed E-state index contributed by atoms with van der Waals surface area (Å²) in [5.41, 5.74) is 1.46. The Hall–Kier alpha value is -2.74. The standard InChI is InChI=1S/C22H28N6O2/c1-30-17-10-9-15-13-18(22(29)23-19(15)14-17)20(27-11-5-2-6-12-27)21-24-25-26-28(21)16-7-3-4-8-16/h9-10,13-14,16,20H,2-8,11-12H2,1H3,(H,23,29)/p+1/t20-/m0/s1. The number of quaternary nitrogens is 1. The number of nitrogens with zero attached hydrogens (tertiary/aromatic N) is 4. The molecule has 8 heteroatoms. The summed E-state index contributed by atoms with van der Waals surface area (Å²) in [7, 11) is 1.63. The molecule has 1 saturated heterocycles. The van der Waals surface area contributed by atoms with E-state index in [2.05, 4.69) is 20.5 Å². The zero-order chi connectivity index (χ0) is 20.5. The number of nitrogens with one attached hydrogen (secondary N) is 2. The molecule has 158 valence electrons. The Morgan fingerprint density at radius 1 is 1.13 bits per heavy atom.